The first kappa shape index (κ1) is 12.4. The number of ether oxygens (including phenoxy) is 4. The highest BCUT2D eigenvalue weighted by Gasteiger charge is 2.30. The molecule has 3 atom stereocenters. The van der Waals surface area contributed by atoms with Gasteiger partial charge in [-0.1, -0.05) is 0 Å². The molecular formula is C15H19NO4. The van der Waals surface area contributed by atoms with Gasteiger partial charge in [-0.3, -0.25) is 0 Å². The molecule has 0 aliphatic carbocycles. The maximum Gasteiger partial charge on any atom is 0.119 e. The van der Waals surface area contributed by atoms with E-state index in [-0.39, 0.29) is 0 Å². The van der Waals surface area contributed by atoms with Gasteiger partial charge in [-0.05, 0) is 24.3 Å². The van der Waals surface area contributed by atoms with Gasteiger partial charge in [-0.2, -0.15) is 0 Å². The van der Waals surface area contributed by atoms with E-state index >= 15 is 0 Å². The molecule has 1 aromatic rings. The minimum absolute atomic E-state index is 0.296. The lowest BCUT2D eigenvalue weighted by Crippen LogP contribution is -2.31. The van der Waals surface area contributed by atoms with Crippen molar-refractivity contribution in [1.82, 2.24) is 0 Å². The molecule has 3 heterocycles. The van der Waals surface area contributed by atoms with Crippen molar-refractivity contribution in [2.45, 2.75) is 18.3 Å². The van der Waals surface area contributed by atoms with Gasteiger partial charge >= 0.3 is 0 Å². The molecule has 0 aromatic heterocycles. The minimum atomic E-state index is 0.296. The third-order valence-electron chi connectivity index (χ3n) is 3.69. The van der Waals surface area contributed by atoms with Gasteiger partial charge in [-0.25, -0.2) is 0 Å². The standard InChI is InChI=1S/C15H19NO4/c1-3-12(17-9-15-10-20-15)4-2-11(1)16(5-13-7-18-13)6-14-8-19-14/h1-4,13-15H,5-10H2/t13-,14?,15?/m1/s1. The number of rotatable bonds is 8. The lowest BCUT2D eigenvalue weighted by atomic mass is 10.2. The van der Waals surface area contributed by atoms with Gasteiger partial charge in [0.2, 0.25) is 0 Å². The molecule has 20 heavy (non-hydrogen) atoms. The Morgan fingerprint density at radius 1 is 0.900 bits per heavy atom. The van der Waals surface area contributed by atoms with Gasteiger partial charge in [0.1, 0.15) is 18.5 Å². The summed E-state index contributed by atoms with van der Waals surface area (Å²) < 4.78 is 21.5. The summed E-state index contributed by atoms with van der Waals surface area (Å²) in [7, 11) is 0. The Balaban J connectivity index is 1.38. The van der Waals surface area contributed by atoms with Crippen LogP contribution in [0, 0.1) is 0 Å². The first-order valence-electron chi connectivity index (χ1n) is 7.19. The lowest BCUT2D eigenvalue weighted by molar-refractivity contribution is 0.263. The van der Waals surface area contributed by atoms with Crippen molar-refractivity contribution in [3.8, 4) is 5.75 Å². The average molecular weight is 277 g/mol. The van der Waals surface area contributed by atoms with Gasteiger partial charge in [0.25, 0.3) is 0 Å². The van der Waals surface area contributed by atoms with Crippen LogP contribution in [-0.2, 0) is 14.2 Å². The van der Waals surface area contributed by atoms with E-state index in [4.69, 9.17) is 18.9 Å². The van der Waals surface area contributed by atoms with E-state index in [1.54, 1.807) is 0 Å². The monoisotopic (exact) mass is 277 g/mol. The van der Waals surface area contributed by atoms with Crippen LogP contribution in [0.4, 0.5) is 5.69 Å². The van der Waals surface area contributed by atoms with Crippen LogP contribution >= 0.6 is 0 Å². The molecule has 0 amide bonds. The van der Waals surface area contributed by atoms with Crippen LogP contribution in [0.3, 0.4) is 0 Å². The van der Waals surface area contributed by atoms with Crippen LogP contribution in [0.15, 0.2) is 24.3 Å². The smallest absolute Gasteiger partial charge is 0.119 e. The van der Waals surface area contributed by atoms with Crippen molar-refractivity contribution in [1.29, 1.82) is 0 Å². The molecule has 4 rings (SSSR count). The Hall–Kier alpha value is -1.30. The highest BCUT2D eigenvalue weighted by Crippen LogP contribution is 2.25. The second-order valence-corrected chi connectivity index (χ2v) is 5.58. The van der Waals surface area contributed by atoms with Gasteiger partial charge < -0.3 is 23.8 Å². The van der Waals surface area contributed by atoms with E-state index in [9.17, 15) is 0 Å². The third-order valence-corrected chi connectivity index (χ3v) is 3.69. The second-order valence-electron chi connectivity index (χ2n) is 5.58. The fraction of sp³-hybridized carbons (Fsp3) is 0.600. The van der Waals surface area contributed by atoms with Crippen molar-refractivity contribution in [3.05, 3.63) is 24.3 Å². The van der Waals surface area contributed by atoms with Crippen molar-refractivity contribution in [2.75, 3.05) is 44.4 Å². The average Bonchev–Trinajstić information content (AvgIpc) is 3.32. The third kappa shape index (κ3) is 3.42. The number of benzene rings is 1. The molecule has 3 saturated heterocycles. The molecule has 0 spiro atoms. The summed E-state index contributed by atoms with van der Waals surface area (Å²) in [6.45, 7) is 5.12. The Morgan fingerprint density at radius 2 is 1.45 bits per heavy atom. The minimum Gasteiger partial charge on any atom is -0.491 e. The zero-order valence-corrected chi connectivity index (χ0v) is 11.4. The predicted octanol–water partition coefficient (Wildman–Crippen LogP) is 1.07. The molecule has 0 radical (unpaired) electrons. The Labute approximate surface area is 118 Å². The van der Waals surface area contributed by atoms with Crippen LogP contribution in [0.5, 0.6) is 5.75 Å². The topological polar surface area (TPSA) is 50.1 Å². The van der Waals surface area contributed by atoms with E-state index in [1.807, 2.05) is 12.1 Å². The van der Waals surface area contributed by atoms with Crippen molar-refractivity contribution < 1.29 is 18.9 Å². The molecular weight excluding hydrogens is 258 g/mol. The van der Waals surface area contributed by atoms with Crippen molar-refractivity contribution in [3.63, 3.8) is 0 Å². The number of hydrogen-bond donors (Lipinski definition) is 0. The maximum atomic E-state index is 5.66. The van der Waals surface area contributed by atoms with Crippen LogP contribution in [0.1, 0.15) is 0 Å². The molecule has 0 bridgehead atoms. The van der Waals surface area contributed by atoms with Gasteiger partial charge in [0.05, 0.1) is 32.0 Å². The number of nitrogens with zero attached hydrogens (tertiary/aromatic N) is 1. The van der Waals surface area contributed by atoms with Gasteiger partial charge in [-0.15, -0.1) is 0 Å². The molecule has 2 unspecified atom stereocenters. The summed E-state index contributed by atoms with van der Waals surface area (Å²) in [5.74, 6) is 0.898. The van der Waals surface area contributed by atoms with E-state index in [0.29, 0.717) is 24.9 Å². The van der Waals surface area contributed by atoms with Gasteiger partial charge in [0, 0.05) is 18.8 Å². The van der Waals surface area contributed by atoms with Crippen molar-refractivity contribution in [2.24, 2.45) is 0 Å². The normalized spacial score (nSPS) is 29.9. The molecule has 1 aromatic carbocycles. The van der Waals surface area contributed by atoms with E-state index in [2.05, 4.69) is 17.0 Å². The SMILES string of the molecule is c1cc(N(CC2CO2)C[C@@H]2CO2)ccc1OCC1CO1. The number of anilines is 1. The lowest BCUT2D eigenvalue weighted by Gasteiger charge is -2.23. The predicted molar refractivity (Wildman–Crippen MR) is 73.4 cm³/mol. The van der Waals surface area contributed by atoms with Crippen LogP contribution in [0.2, 0.25) is 0 Å². The Bertz CT molecular complexity index is 437. The first-order valence-corrected chi connectivity index (χ1v) is 7.19. The Kier molecular flexibility index (Phi) is 3.26. The zero-order chi connectivity index (χ0) is 13.4. The maximum absolute atomic E-state index is 5.66. The summed E-state index contributed by atoms with van der Waals surface area (Å²) in [5.41, 5.74) is 1.20. The van der Waals surface area contributed by atoms with Crippen LogP contribution < -0.4 is 9.64 Å². The molecule has 3 aliphatic heterocycles. The molecule has 0 N–H and O–H groups in total. The number of hydrogen-bond acceptors (Lipinski definition) is 5. The molecule has 5 nitrogen and oxygen atoms in total. The van der Waals surface area contributed by atoms with Crippen LogP contribution in [-0.4, -0.2) is 57.8 Å². The summed E-state index contributed by atoms with van der Waals surface area (Å²) in [6.07, 6.45) is 1.07. The fourth-order valence-corrected chi connectivity index (χ4v) is 2.23. The van der Waals surface area contributed by atoms with Crippen molar-refractivity contribution >= 4 is 5.69 Å². The molecule has 3 aliphatic rings. The molecule has 5 heteroatoms. The molecule has 3 fully saturated rings. The Morgan fingerprint density at radius 3 is 1.95 bits per heavy atom. The highest BCUT2D eigenvalue weighted by atomic mass is 16.6. The summed E-state index contributed by atoms with van der Waals surface area (Å²) in [5, 5.41) is 0. The molecule has 0 saturated carbocycles. The van der Waals surface area contributed by atoms with Gasteiger partial charge in [0.15, 0.2) is 0 Å². The van der Waals surface area contributed by atoms with Crippen LogP contribution in [0.25, 0.3) is 0 Å². The first-order chi connectivity index (χ1) is 9.87. The fourth-order valence-electron chi connectivity index (χ4n) is 2.23. The number of epoxide rings is 3. The second kappa shape index (κ2) is 5.24. The molecule has 108 valence electrons. The highest BCUT2D eigenvalue weighted by molar-refractivity contribution is 5.49. The zero-order valence-electron chi connectivity index (χ0n) is 11.4. The van der Waals surface area contributed by atoms with E-state index in [0.717, 1.165) is 38.7 Å². The van der Waals surface area contributed by atoms with E-state index < -0.39 is 0 Å². The quantitative estimate of drug-likeness (QED) is 0.665. The summed E-state index contributed by atoms with van der Waals surface area (Å²) in [4.78, 5) is 2.34. The summed E-state index contributed by atoms with van der Waals surface area (Å²) >= 11 is 0. The largest absolute Gasteiger partial charge is 0.491 e. The summed E-state index contributed by atoms with van der Waals surface area (Å²) in [6, 6.07) is 8.25. The van der Waals surface area contributed by atoms with E-state index in [1.165, 1.54) is 5.69 Å².